The van der Waals surface area contributed by atoms with Gasteiger partial charge in [-0.1, -0.05) is 133 Å². The van der Waals surface area contributed by atoms with Crippen molar-refractivity contribution >= 4 is 5.57 Å². The molecule has 3 aliphatic carbocycles. The molecule has 2 nitrogen and oxygen atoms in total. The van der Waals surface area contributed by atoms with Gasteiger partial charge in [0, 0.05) is 11.1 Å². The Labute approximate surface area is 251 Å². The number of rotatable bonds is 3. The predicted molar refractivity (Wildman–Crippen MR) is 176 cm³/mol. The monoisotopic (exact) mass is 548 g/mol. The van der Waals surface area contributed by atoms with Crippen LogP contribution in [0.15, 0.2) is 146 Å². The molecule has 43 heavy (non-hydrogen) atoms. The van der Waals surface area contributed by atoms with Crippen LogP contribution >= 0.6 is 0 Å². The Morgan fingerprint density at radius 2 is 1.05 bits per heavy atom. The highest BCUT2D eigenvalue weighted by atomic mass is 14.9. The molecule has 0 N–H and O–H groups in total. The lowest BCUT2D eigenvalue weighted by atomic mass is 9.70. The van der Waals surface area contributed by atoms with Crippen molar-refractivity contribution in [2.24, 2.45) is 0 Å². The second kappa shape index (κ2) is 9.34. The molecule has 5 aromatic carbocycles. The van der Waals surface area contributed by atoms with Crippen molar-refractivity contribution in [2.45, 2.75) is 18.3 Å². The van der Waals surface area contributed by atoms with Crippen LogP contribution < -0.4 is 0 Å². The minimum absolute atomic E-state index is 0.385. The van der Waals surface area contributed by atoms with Crippen LogP contribution in [0.2, 0.25) is 0 Å². The van der Waals surface area contributed by atoms with Crippen molar-refractivity contribution < 1.29 is 0 Å². The lowest BCUT2D eigenvalue weighted by Gasteiger charge is -2.30. The summed E-state index contributed by atoms with van der Waals surface area (Å²) in [7, 11) is 0. The van der Waals surface area contributed by atoms with Gasteiger partial charge in [0.15, 0.2) is 5.82 Å². The second-order valence-electron chi connectivity index (χ2n) is 11.6. The molecule has 1 spiro atoms. The van der Waals surface area contributed by atoms with E-state index in [0.717, 1.165) is 46.8 Å². The molecule has 9 rings (SSSR count). The van der Waals surface area contributed by atoms with E-state index in [9.17, 15) is 0 Å². The minimum Gasteiger partial charge on any atom is -0.228 e. The van der Waals surface area contributed by atoms with E-state index < -0.39 is 0 Å². The number of fused-ring (bicyclic) bond motifs is 10. The highest BCUT2D eigenvalue weighted by Gasteiger charge is 2.51. The van der Waals surface area contributed by atoms with Crippen LogP contribution in [0.5, 0.6) is 0 Å². The summed E-state index contributed by atoms with van der Waals surface area (Å²) in [5.74, 6) is 0.754. The third-order valence-electron chi connectivity index (χ3n) is 9.34. The second-order valence-corrected chi connectivity index (χ2v) is 11.6. The molecular weight excluding hydrogens is 520 g/mol. The fourth-order valence-electron chi connectivity index (χ4n) is 7.52. The molecule has 1 aromatic heterocycles. The van der Waals surface area contributed by atoms with Crippen molar-refractivity contribution in [1.29, 1.82) is 0 Å². The van der Waals surface area contributed by atoms with Gasteiger partial charge < -0.3 is 0 Å². The van der Waals surface area contributed by atoms with Crippen LogP contribution in [-0.2, 0) is 5.41 Å². The number of nitrogens with zero attached hydrogens (tertiary/aromatic N) is 2. The smallest absolute Gasteiger partial charge is 0.160 e. The summed E-state index contributed by atoms with van der Waals surface area (Å²) >= 11 is 0. The van der Waals surface area contributed by atoms with Crippen LogP contribution in [0.3, 0.4) is 0 Å². The maximum Gasteiger partial charge on any atom is 0.160 e. The lowest BCUT2D eigenvalue weighted by molar-refractivity contribution is 0.794. The molecule has 0 saturated heterocycles. The Kier molecular flexibility index (Phi) is 5.27. The van der Waals surface area contributed by atoms with Crippen molar-refractivity contribution in [2.75, 3.05) is 0 Å². The molecule has 0 amide bonds. The summed E-state index contributed by atoms with van der Waals surface area (Å²) < 4.78 is 0. The predicted octanol–water partition coefficient (Wildman–Crippen LogP) is 9.89. The van der Waals surface area contributed by atoms with E-state index in [-0.39, 0.29) is 5.41 Å². The maximum absolute atomic E-state index is 5.20. The molecule has 0 radical (unpaired) electrons. The van der Waals surface area contributed by atoms with Gasteiger partial charge in [0.05, 0.1) is 16.8 Å². The lowest BCUT2D eigenvalue weighted by Crippen LogP contribution is -2.25. The van der Waals surface area contributed by atoms with E-state index in [1.165, 1.54) is 44.5 Å². The summed E-state index contributed by atoms with van der Waals surface area (Å²) in [5, 5.41) is 0. The molecule has 0 fully saturated rings. The van der Waals surface area contributed by atoms with Crippen LogP contribution in [-0.4, -0.2) is 9.97 Å². The van der Waals surface area contributed by atoms with Gasteiger partial charge in [-0.3, -0.25) is 0 Å². The first-order chi connectivity index (χ1) is 21.3. The zero-order chi connectivity index (χ0) is 28.4. The van der Waals surface area contributed by atoms with E-state index in [1.54, 1.807) is 0 Å². The first kappa shape index (κ1) is 24.3. The standard InChI is InChI=1S/C41H28N2/c1-3-13-27(14-4-1)38-26-39(28-15-5-2-6-16-28)43-40(42-38)29-23-24-33-32-19-9-12-22-36(32)41(37(33)25-29)34-20-10-7-17-30(34)31-18-8-11-21-35(31)41/h1,3-5,7-26H,2,6H2. The fourth-order valence-corrected chi connectivity index (χ4v) is 7.52. The number of hydrogen-bond acceptors (Lipinski definition) is 2. The van der Waals surface area contributed by atoms with Crippen LogP contribution in [0, 0.1) is 0 Å². The van der Waals surface area contributed by atoms with E-state index in [4.69, 9.17) is 9.97 Å². The summed E-state index contributed by atoms with van der Waals surface area (Å²) in [6.45, 7) is 0. The third-order valence-corrected chi connectivity index (χ3v) is 9.34. The molecule has 0 unspecified atom stereocenters. The molecule has 0 aliphatic heterocycles. The van der Waals surface area contributed by atoms with Crippen molar-refractivity contribution in [1.82, 2.24) is 9.97 Å². The summed E-state index contributed by atoms with van der Waals surface area (Å²) in [4.78, 5) is 10.4. The van der Waals surface area contributed by atoms with Gasteiger partial charge >= 0.3 is 0 Å². The first-order valence-electron chi connectivity index (χ1n) is 15.1. The van der Waals surface area contributed by atoms with Gasteiger partial charge in [-0.15, -0.1) is 0 Å². The molecule has 0 bridgehead atoms. The Morgan fingerprint density at radius 1 is 0.465 bits per heavy atom. The van der Waals surface area contributed by atoms with Gasteiger partial charge in [0.2, 0.25) is 0 Å². The molecule has 3 aliphatic rings. The fraction of sp³-hybridized carbons (Fsp3) is 0.0732. The number of hydrogen-bond donors (Lipinski definition) is 0. The van der Waals surface area contributed by atoms with E-state index in [0.29, 0.717) is 0 Å². The van der Waals surface area contributed by atoms with E-state index in [2.05, 4.69) is 140 Å². The SMILES string of the molecule is C1=CC(c2cc(-c3ccccc3)nc(-c3ccc4c(c3)C3(c5ccccc5-c5ccccc53)c3ccccc3-4)n2)=CCC1. The van der Waals surface area contributed by atoms with Crippen LogP contribution in [0.25, 0.3) is 50.5 Å². The maximum atomic E-state index is 5.20. The van der Waals surface area contributed by atoms with Crippen molar-refractivity contribution in [3.8, 4) is 44.9 Å². The van der Waals surface area contributed by atoms with Crippen molar-refractivity contribution in [3.63, 3.8) is 0 Å². The first-order valence-corrected chi connectivity index (χ1v) is 15.1. The Bertz CT molecular complexity index is 2070. The van der Waals surface area contributed by atoms with Crippen molar-refractivity contribution in [3.05, 3.63) is 174 Å². The molecule has 2 heteroatoms. The highest BCUT2D eigenvalue weighted by Crippen LogP contribution is 2.62. The zero-order valence-corrected chi connectivity index (χ0v) is 23.7. The summed E-state index contributed by atoms with van der Waals surface area (Å²) in [6, 6.07) is 46.3. The van der Waals surface area contributed by atoms with Gasteiger partial charge in [0.25, 0.3) is 0 Å². The molecule has 0 atom stereocenters. The highest BCUT2D eigenvalue weighted by molar-refractivity contribution is 5.95. The molecule has 202 valence electrons. The van der Waals surface area contributed by atoms with E-state index >= 15 is 0 Å². The number of allylic oxidation sites excluding steroid dienone is 4. The largest absolute Gasteiger partial charge is 0.228 e. The molecule has 1 heterocycles. The van der Waals surface area contributed by atoms with Crippen LogP contribution in [0.1, 0.15) is 40.8 Å². The topological polar surface area (TPSA) is 25.8 Å². The Balaban J connectivity index is 1.31. The average molecular weight is 549 g/mol. The zero-order valence-electron chi connectivity index (χ0n) is 23.7. The van der Waals surface area contributed by atoms with Gasteiger partial charge in [0.1, 0.15) is 0 Å². The summed E-state index contributed by atoms with van der Waals surface area (Å²) in [5.41, 5.74) is 15.4. The Hall–Kier alpha value is -5.34. The quantitative estimate of drug-likeness (QED) is 0.220. The number of aromatic nitrogens is 2. The molecule has 6 aromatic rings. The molecular formula is C41H28N2. The van der Waals surface area contributed by atoms with Crippen LogP contribution in [0.4, 0.5) is 0 Å². The summed E-state index contributed by atoms with van der Waals surface area (Å²) in [6.07, 6.45) is 8.84. The number of benzene rings is 5. The van der Waals surface area contributed by atoms with Gasteiger partial charge in [-0.2, -0.15) is 0 Å². The Morgan fingerprint density at radius 3 is 1.67 bits per heavy atom. The third kappa shape index (κ3) is 3.47. The van der Waals surface area contributed by atoms with Gasteiger partial charge in [-0.25, -0.2) is 9.97 Å². The molecule has 0 saturated carbocycles. The average Bonchev–Trinajstić information content (AvgIpc) is 3.56. The normalized spacial score (nSPS) is 15.0. The van der Waals surface area contributed by atoms with E-state index in [1.807, 2.05) is 6.07 Å². The minimum atomic E-state index is -0.385. The van der Waals surface area contributed by atoms with Gasteiger partial charge in [-0.05, 0) is 75.1 Å².